The first kappa shape index (κ1) is 28.6. The third-order valence-corrected chi connectivity index (χ3v) is 8.67. The Hall–Kier alpha value is -2.98. The molecule has 0 aliphatic heterocycles. The summed E-state index contributed by atoms with van der Waals surface area (Å²) in [5.41, 5.74) is 1.54. The summed E-state index contributed by atoms with van der Waals surface area (Å²) in [4.78, 5) is 28.4. The molecular formula is C27H37FN4O4S. The standard InChI is InChI=1S/C27H37FN4O4S/c1-20-12-8-9-13-22(20)18-31(21(2)27(34)29-23-14-6-5-7-15-23)26(33)19-32(37(35,36)30(3)4)25-17-11-10-16-24(25)28/h8-13,16-17,21,23H,5-7,14-15,18-19H2,1-4H3,(H,29,34)/t21-/m1/s1. The Balaban J connectivity index is 1.94. The highest BCUT2D eigenvalue weighted by molar-refractivity contribution is 7.90. The van der Waals surface area contributed by atoms with E-state index in [9.17, 15) is 22.4 Å². The lowest BCUT2D eigenvalue weighted by molar-refractivity contribution is -0.139. The van der Waals surface area contributed by atoms with Gasteiger partial charge in [0.05, 0.1) is 5.69 Å². The molecule has 1 saturated carbocycles. The topological polar surface area (TPSA) is 90.0 Å². The number of benzene rings is 2. The maximum atomic E-state index is 14.7. The van der Waals surface area contributed by atoms with Crippen molar-refractivity contribution in [2.75, 3.05) is 24.9 Å². The first-order valence-electron chi connectivity index (χ1n) is 12.6. The van der Waals surface area contributed by atoms with E-state index in [1.807, 2.05) is 31.2 Å². The van der Waals surface area contributed by atoms with E-state index in [1.54, 1.807) is 6.92 Å². The average Bonchev–Trinajstić information content (AvgIpc) is 2.87. The molecule has 1 aliphatic rings. The van der Waals surface area contributed by atoms with Crippen molar-refractivity contribution in [1.82, 2.24) is 14.5 Å². The fourth-order valence-corrected chi connectivity index (χ4v) is 5.54. The highest BCUT2D eigenvalue weighted by Crippen LogP contribution is 2.24. The van der Waals surface area contributed by atoms with Crippen LogP contribution in [0.2, 0.25) is 0 Å². The monoisotopic (exact) mass is 532 g/mol. The van der Waals surface area contributed by atoms with Gasteiger partial charge in [0.2, 0.25) is 11.8 Å². The van der Waals surface area contributed by atoms with Gasteiger partial charge in [0.15, 0.2) is 0 Å². The molecule has 2 aromatic rings. The number of rotatable bonds is 10. The molecule has 0 radical (unpaired) electrons. The Bertz CT molecular complexity index is 1200. The van der Waals surface area contributed by atoms with Gasteiger partial charge < -0.3 is 10.2 Å². The second kappa shape index (κ2) is 12.5. The number of carbonyl (C=O) groups excluding carboxylic acids is 2. The molecule has 3 rings (SSSR count). The van der Waals surface area contributed by atoms with E-state index in [-0.39, 0.29) is 24.2 Å². The van der Waals surface area contributed by atoms with Gasteiger partial charge in [0.1, 0.15) is 18.4 Å². The maximum absolute atomic E-state index is 14.7. The summed E-state index contributed by atoms with van der Waals surface area (Å²) in [6, 6.07) is 12.1. The van der Waals surface area contributed by atoms with E-state index >= 15 is 0 Å². The first-order chi connectivity index (χ1) is 17.5. The number of halogens is 1. The lowest BCUT2D eigenvalue weighted by Crippen LogP contribution is -2.54. The van der Waals surface area contributed by atoms with Gasteiger partial charge in [-0.25, -0.2) is 8.70 Å². The molecule has 1 N–H and O–H groups in total. The van der Waals surface area contributed by atoms with Crippen LogP contribution in [0.15, 0.2) is 48.5 Å². The minimum Gasteiger partial charge on any atom is -0.352 e. The van der Waals surface area contributed by atoms with Crippen LogP contribution < -0.4 is 9.62 Å². The number of nitrogens with zero attached hydrogens (tertiary/aromatic N) is 3. The largest absolute Gasteiger partial charge is 0.352 e. The number of amides is 2. The molecule has 2 aromatic carbocycles. The molecular weight excluding hydrogens is 495 g/mol. The van der Waals surface area contributed by atoms with Gasteiger partial charge in [-0.3, -0.25) is 9.59 Å². The smallest absolute Gasteiger partial charge is 0.304 e. The molecule has 1 fully saturated rings. The molecule has 0 heterocycles. The van der Waals surface area contributed by atoms with Crippen LogP contribution in [-0.2, 0) is 26.3 Å². The van der Waals surface area contributed by atoms with Crippen LogP contribution in [0.25, 0.3) is 0 Å². The van der Waals surface area contributed by atoms with Crippen molar-refractivity contribution in [3.63, 3.8) is 0 Å². The SMILES string of the molecule is Cc1ccccc1CN(C(=O)CN(c1ccccc1F)S(=O)(=O)N(C)C)[C@H](C)C(=O)NC1CCCCC1. The third kappa shape index (κ3) is 7.07. The lowest BCUT2D eigenvalue weighted by atomic mass is 9.95. The molecule has 8 nitrogen and oxygen atoms in total. The number of hydrogen-bond donors (Lipinski definition) is 1. The number of anilines is 1. The predicted molar refractivity (Wildman–Crippen MR) is 143 cm³/mol. The zero-order chi connectivity index (χ0) is 27.2. The lowest BCUT2D eigenvalue weighted by Gasteiger charge is -2.34. The molecule has 0 bridgehead atoms. The van der Waals surface area contributed by atoms with E-state index in [2.05, 4.69) is 5.32 Å². The molecule has 202 valence electrons. The number of hydrogen-bond acceptors (Lipinski definition) is 4. The Kier molecular flexibility index (Phi) is 9.67. The van der Waals surface area contributed by atoms with E-state index in [4.69, 9.17) is 0 Å². The Morgan fingerprint density at radius 3 is 2.27 bits per heavy atom. The summed E-state index contributed by atoms with van der Waals surface area (Å²) >= 11 is 0. The van der Waals surface area contributed by atoms with Crippen molar-refractivity contribution in [2.24, 2.45) is 0 Å². The van der Waals surface area contributed by atoms with E-state index < -0.39 is 34.5 Å². The summed E-state index contributed by atoms with van der Waals surface area (Å²) in [7, 11) is -1.58. The molecule has 0 unspecified atom stereocenters. The van der Waals surface area contributed by atoms with Crippen LogP contribution >= 0.6 is 0 Å². The minimum absolute atomic E-state index is 0.0585. The van der Waals surface area contributed by atoms with Crippen molar-refractivity contribution in [3.05, 3.63) is 65.5 Å². The molecule has 0 saturated heterocycles. The first-order valence-corrected chi connectivity index (χ1v) is 14.0. The van der Waals surface area contributed by atoms with Crippen LogP contribution in [0.4, 0.5) is 10.1 Å². The fraction of sp³-hybridized carbons (Fsp3) is 0.481. The predicted octanol–water partition coefficient (Wildman–Crippen LogP) is 3.61. The van der Waals surface area contributed by atoms with Crippen molar-refractivity contribution < 1.29 is 22.4 Å². The molecule has 1 atom stereocenters. The van der Waals surface area contributed by atoms with Crippen molar-refractivity contribution in [2.45, 2.75) is 64.6 Å². The van der Waals surface area contributed by atoms with Gasteiger partial charge >= 0.3 is 10.2 Å². The highest BCUT2D eigenvalue weighted by atomic mass is 32.2. The van der Waals surface area contributed by atoms with E-state index in [0.717, 1.165) is 57.9 Å². The quantitative estimate of drug-likeness (QED) is 0.506. The number of aryl methyl sites for hydroxylation is 1. The van der Waals surface area contributed by atoms with Gasteiger partial charge in [-0.1, -0.05) is 55.7 Å². The normalized spacial score (nSPS) is 15.3. The number of nitrogens with one attached hydrogen (secondary N) is 1. The minimum atomic E-state index is -4.21. The van der Waals surface area contributed by atoms with Crippen molar-refractivity contribution in [3.8, 4) is 0 Å². The van der Waals surface area contributed by atoms with E-state index in [1.165, 1.54) is 37.2 Å². The number of carbonyl (C=O) groups is 2. The van der Waals surface area contributed by atoms with Gasteiger partial charge in [0.25, 0.3) is 0 Å². The summed E-state index contributed by atoms with van der Waals surface area (Å²) in [6.45, 7) is 3.00. The van der Waals surface area contributed by atoms with E-state index in [0.29, 0.717) is 0 Å². The summed E-state index contributed by atoms with van der Waals surface area (Å²) in [5, 5.41) is 3.06. The zero-order valence-corrected chi connectivity index (χ0v) is 22.8. The summed E-state index contributed by atoms with van der Waals surface area (Å²) < 4.78 is 42.7. The third-order valence-electron chi connectivity index (χ3n) is 6.86. The molecule has 10 heteroatoms. The van der Waals surface area contributed by atoms with Crippen LogP contribution in [0.5, 0.6) is 0 Å². The molecule has 37 heavy (non-hydrogen) atoms. The molecule has 0 spiro atoms. The van der Waals surface area contributed by atoms with Gasteiger partial charge in [-0.05, 0) is 49.9 Å². The molecule has 1 aliphatic carbocycles. The van der Waals surface area contributed by atoms with Gasteiger partial charge in [-0.15, -0.1) is 0 Å². The highest BCUT2D eigenvalue weighted by Gasteiger charge is 2.34. The molecule has 2 amide bonds. The van der Waals surface area contributed by atoms with Crippen LogP contribution in [0.1, 0.15) is 50.2 Å². The second-order valence-corrected chi connectivity index (χ2v) is 11.8. The summed E-state index contributed by atoms with van der Waals surface area (Å²) in [5.74, 6) is -1.67. The Morgan fingerprint density at radius 1 is 1.03 bits per heavy atom. The van der Waals surface area contributed by atoms with Gasteiger partial charge in [-0.2, -0.15) is 12.7 Å². The maximum Gasteiger partial charge on any atom is 0.304 e. The van der Waals surface area contributed by atoms with Gasteiger partial charge in [0, 0.05) is 26.7 Å². The van der Waals surface area contributed by atoms with Crippen molar-refractivity contribution in [1.29, 1.82) is 0 Å². The van der Waals surface area contributed by atoms with Crippen LogP contribution in [-0.4, -0.2) is 62.2 Å². The fourth-order valence-electron chi connectivity index (χ4n) is 4.48. The second-order valence-electron chi connectivity index (χ2n) is 9.72. The average molecular weight is 533 g/mol. The Morgan fingerprint density at radius 2 is 1.65 bits per heavy atom. The Labute approximate surface area is 219 Å². The van der Waals surface area contributed by atoms with Crippen LogP contribution in [0.3, 0.4) is 0 Å². The number of para-hydroxylation sites is 1. The van der Waals surface area contributed by atoms with Crippen molar-refractivity contribution >= 4 is 27.7 Å². The summed E-state index contributed by atoms with van der Waals surface area (Å²) in [6.07, 6.45) is 5.03. The van der Waals surface area contributed by atoms with Crippen LogP contribution in [0, 0.1) is 12.7 Å². The zero-order valence-electron chi connectivity index (χ0n) is 22.0. The molecule has 0 aromatic heterocycles.